The van der Waals surface area contributed by atoms with E-state index in [9.17, 15) is 0 Å². The lowest BCUT2D eigenvalue weighted by Crippen LogP contribution is -2.19. The second-order valence-electron chi connectivity index (χ2n) is 4.24. The first-order valence-electron chi connectivity index (χ1n) is 6.75. The largest absolute Gasteiger partial charge is 0.378 e. The van der Waals surface area contributed by atoms with Crippen molar-refractivity contribution in [3.8, 4) is 0 Å². The Morgan fingerprint density at radius 3 is 1.69 bits per heavy atom. The molecule has 0 amide bonds. The molecule has 0 atom stereocenters. The van der Waals surface area contributed by atoms with E-state index in [0.29, 0.717) is 0 Å². The van der Waals surface area contributed by atoms with Crippen LogP contribution in [0.2, 0.25) is 0 Å². The van der Waals surface area contributed by atoms with Crippen molar-refractivity contribution in [2.75, 3.05) is 13.1 Å². The van der Waals surface area contributed by atoms with Gasteiger partial charge in [-0.3, -0.25) is 0 Å². The molecule has 0 rings (SSSR count). The Bertz CT molecular complexity index is 136. The Kier molecular flexibility index (Phi) is 16.9. The molecule has 0 aliphatic rings. The molecule has 1 nitrogen and oxygen atoms in total. The maximum absolute atomic E-state index is 2.49. The molecular formula is C14H30ClN. The summed E-state index contributed by atoms with van der Waals surface area (Å²) in [6, 6.07) is 0. The van der Waals surface area contributed by atoms with Crippen molar-refractivity contribution in [3.05, 3.63) is 12.3 Å². The highest BCUT2D eigenvalue weighted by atomic mass is 35.5. The molecule has 0 spiro atoms. The molecule has 98 valence electrons. The highest BCUT2D eigenvalue weighted by Crippen LogP contribution is 2.03. The van der Waals surface area contributed by atoms with Gasteiger partial charge >= 0.3 is 0 Å². The van der Waals surface area contributed by atoms with Crippen LogP contribution >= 0.6 is 12.4 Å². The van der Waals surface area contributed by atoms with Gasteiger partial charge in [0, 0.05) is 13.1 Å². The van der Waals surface area contributed by atoms with Crippen LogP contribution in [0.5, 0.6) is 0 Å². The van der Waals surface area contributed by atoms with Gasteiger partial charge in [-0.1, -0.05) is 52.5 Å². The van der Waals surface area contributed by atoms with Crippen molar-refractivity contribution in [1.29, 1.82) is 0 Å². The van der Waals surface area contributed by atoms with E-state index in [1.165, 1.54) is 51.6 Å². The smallest absolute Gasteiger partial charge is 0.0172 e. The van der Waals surface area contributed by atoms with Crippen LogP contribution in [-0.2, 0) is 0 Å². The molecule has 0 saturated heterocycles. The maximum atomic E-state index is 2.49. The number of nitrogens with zero attached hydrogens (tertiary/aromatic N) is 1. The van der Waals surface area contributed by atoms with Gasteiger partial charge in [-0.05, 0) is 25.5 Å². The van der Waals surface area contributed by atoms with E-state index >= 15 is 0 Å². The monoisotopic (exact) mass is 247 g/mol. The minimum atomic E-state index is 0. The predicted octanol–water partition coefficient (Wildman–Crippen LogP) is 5.01. The van der Waals surface area contributed by atoms with Gasteiger partial charge in [0.25, 0.3) is 0 Å². The van der Waals surface area contributed by atoms with Crippen LogP contribution in [0.25, 0.3) is 0 Å². The third-order valence-corrected chi connectivity index (χ3v) is 2.65. The zero-order chi connectivity index (χ0) is 11.4. The standard InChI is InChI=1S/C14H29N.ClH/c1-4-7-10-13-15(12-9-6-3)14-11-8-5-2;/h9,12H,4-8,10-11,13-14H2,1-3H3;1H/b12-9+;. The molecule has 0 aromatic carbocycles. The lowest BCUT2D eigenvalue weighted by atomic mass is 10.2. The fourth-order valence-corrected chi connectivity index (χ4v) is 1.65. The van der Waals surface area contributed by atoms with Crippen LogP contribution in [0.4, 0.5) is 0 Å². The van der Waals surface area contributed by atoms with E-state index < -0.39 is 0 Å². The van der Waals surface area contributed by atoms with Gasteiger partial charge in [-0.2, -0.15) is 0 Å². The summed E-state index contributed by atoms with van der Waals surface area (Å²) in [6.45, 7) is 9.22. The van der Waals surface area contributed by atoms with Crippen molar-refractivity contribution in [2.24, 2.45) is 0 Å². The zero-order valence-corrected chi connectivity index (χ0v) is 12.2. The summed E-state index contributed by atoms with van der Waals surface area (Å²) in [6.07, 6.45) is 13.8. The molecule has 0 unspecified atom stereocenters. The number of rotatable bonds is 10. The summed E-state index contributed by atoms with van der Waals surface area (Å²) in [4.78, 5) is 2.49. The fraction of sp³-hybridized carbons (Fsp3) is 0.857. The summed E-state index contributed by atoms with van der Waals surface area (Å²) >= 11 is 0. The number of hydrogen-bond acceptors (Lipinski definition) is 1. The van der Waals surface area contributed by atoms with Gasteiger partial charge in [0.15, 0.2) is 0 Å². The molecule has 0 aliphatic heterocycles. The Morgan fingerprint density at radius 2 is 1.31 bits per heavy atom. The minimum Gasteiger partial charge on any atom is -0.378 e. The Hall–Kier alpha value is -0.170. The van der Waals surface area contributed by atoms with Gasteiger partial charge in [-0.25, -0.2) is 0 Å². The first kappa shape index (κ1) is 18.2. The average Bonchev–Trinajstić information content (AvgIpc) is 2.25. The van der Waals surface area contributed by atoms with Crippen LogP contribution in [0.15, 0.2) is 12.3 Å². The quantitative estimate of drug-likeness (QED) is 0.491. The van der Waals surface area contributed by atoms with Crippen LogP contribution in [0, 0.1) is 0 Å². The molecule has 0 aromatic rings. The molecule has 0 aromatic heterocycles. The molecule has 2 heteroatoms. The van der Waals surface area contributed by atoms with E-state index in [2.05, 4.69) is 37.9 Å². The molecular weight excluding hydrogens is 218 g/mol. The molecule has 0 fully saturated rings. The lowest BCUT2D eigenvalue weighted by Gasteiger charge is -2.20. The Labute approximate surface area is 109 Å². The molecule has 0 radical (unpaired) electrons. The third kappa shape index (κ3) is 11.9. The number of allylic oxidation sites excluding steroid dienone is 1. The Morgan fingerprint density at radius 1 is 0.812 bits per heavy atom. The van der Waals surface area contributed by atoms with Crippen molar-refractivity contribution in [2.45, 2.75) is 65.7 Å². The number of unbranched alkanes of at least 4 members (excludes halogenated alkanes) is 4. The van der Waals surface area contributed by atoms with E-state index in [0.717, 1.165) is 6.42 Å². The summed E-state index contributed by atoms with van der Waals surface area (Å²) in [5.41, 5.74) is 0. The summed E-state index contributed by atoms with van der Waals surface area (Å²) in [5.74, 6) is 0. The predicted molar refractivity (Wildman–Crippen MR) is 77.3 cm³/mol. The average molecular weight is 248 g/mol. The molecule has 0 aliphatic carbocycles. The first-order chi connectivity index (χ1) is 7.35. The number of halogens is 1. The van der Waals surface area contributed by atoms with Gasteiger partial charge < -0.3 is 4.90 Å². The zero-order valence-electron chi connectivity index (χ0n) is 11.4. The van der Waals surface area contributed by atoms with Crippen molar-refractivity contribution in [3.63, 3.8) is 0 Å². The van der Waals surface area contributed by atoms with Gasteiger partial charge in [-0.15, -0.1) is 12.4 Å². The van der Waals surface area contributed by atoms with Crippen molar-refractivity contribution in [1.82, 2.24) is 4.90 Å². The maximum Gasteiger partial charge on any atom is 0.0172 e. The highest BCUT2D eigenvalue weighted by Gasteiger charge is 1.97. The normalized spacial score (nSPS) is 10.4. The van der Waals surface area contributed by atoms with Crippen molar-refractivity contribution < 1.29 is 0 Å². The van der Waals surface area contributed by atoms with E-state index in [-0.39, 0.29) is 12.4 Å². The third-order valence-electron chi connectivity index (χ3n) is 2.65. The van der Waals surface area contributed by atoms with Crippen LogP contribution in [0.1, 0.15) is 65.7 Å². The second-order valence-corrected chi connectivity index (χ2v) is 4.24. The highest BCUT2D eigenvalue weighted by molar-refractivity contribution is 5.85. The topological polar surface area (TPSA) is 3.24 Å². The second kappa shape index (κ2) is 14.8. The van der Waals surface area contributed by atoms with Gasteiger partial charge in [0.05, 0.1) is 0 Å². The number of hydrogen-bond donors (Lipinski definition) is 0. The molecule has 16 heavy (non-hydrogen) atoms. The molecule has 0 N–H and O–H groups in total. The summed E-state index contributed by atoms with van der Waals surface area (Å²) in [5, 5.41) is 0. The molecule has 0 bridgehead atoms. The summed E-state index contributed by atoms with van der Waals surface area (Å²) in [7, 11) is 0. The first-order valence-corrected chi connectivity index (χ1v) is 6.75. The van der Waals surface area contributed by atoms with E-state index in [4.69, 9.17) is 0 Å². The SMILES string of the molecule is CC/C=C/N(CCCCC)CCCCC.Cl. The minimum absolute atomic E-state index is 0. The van der Waals surface area contributed by atoms with Gasteiger partial charge in [0.2, 0.25) is 0 Å². The summed E-state index contributed by atoms with van der Waals surface area (Å²) < 4.78 is 0. The van der Waals surface area contributed by atoms with Gasteiger partial charge in [0.1, 0.15) is 0 Å². The Balaban J connectivity index is 0. The van der Waals surface area contributed by atoms with E-state index in [1.807, 2.05) is 0 Å². The fourth-order valence-electron chi connectivity index (χ4n) is 1.65. The molecule has 0 saturated carbocycles. The lowest BCUT2D eigenvalue weighted by molar-refractivity contribution is 0.353. The van der Waals surface area contributed by atoms with Crippen LogP contribution in [0.3, 0.4) is 0 Å². The van der Waals surface area contributed by atoms with Crippen molar-refractivity contribution >= 4 is 12.4 Å². The van der Waals surface area contributed by atoms with E-state index in [1.54, 1.807) is 0 Å². The van der Waals surface area contributed by atoms with Crippen LogP contribution in [-0.4, -0.2) is 18.0 Å². The molecule has 0 heterocycles. The van der Waals surface area contributed by atoms with Crippen LogP contribution < -0.4 is 0 Å².